The van der Waals surface area contributed by atoms with Crippen LogP contribution in [0.4, 0.5) is 0 Å². The summed E-state index contributed by atoms with van der Waals surface area (Å²) in [5.41, 5.74) is 7.76. The fourth-order valence-corrected chi connectivity index (χ4v) is 1.93. The monoisotopic (exact) mass is 194 g/mol. The summed E-state index contributed by atoms with van der Waals surface area (Å²) >= 11 is 6.07. The first kappa shape index (κ1) is 8.60. The van der Waals surface area contributed by atoms with Crippen molar-refractivity contribution in [3.63, 3.8) is 0 Å². The number of hydrogen-bond donors (Lipinski definition) is 1. The van der Waals surface area contributed by atoms with Crippen molar-refractivity contribution in [2.24, 2.45) is 12.8 Å². The molecule has 0 spiro atoms. The van der Waals surface area contributed by atoms with Gasteiger partial charge in [-0.2, -0.15) is 0 Å². The quantitative estimate of drug-likeness (QED) is 0.742. The highest BCUT2D eigenvalue weighted by atomic mass is 35.5. The molecule has 0 aliphatic heterocycles. The third kappa shape index (κ3) is 1.23. The number of nitrogens with two attached hydrogens (primary N) is 1. The molecule has 2 nitrogen and oxygen atoms in total. The second-order valence-electron chi connectivity index (χ2n) is 3.08. The minimum absolute atomic E-state index is 0.543. The van der Waals surface area contributed by atoms with Crippen LogP contribution in [0.2, 0.25) is 5.02 Å². The molecule has 13 heavy (non-hydrogen) atoms. The van der Waals surface area contributed by atoms with Crippen LogP contribution in [0, 0.1) is 0 Å². The molecule has 1 aromatic carbocycles. The Hall–Kier alpha value is -0.990. The second-order valence-corrected chi connectivity index (χ2v) is 3.48. The lowest BCUT2D eigenvalue weighted by Gasteiger charge is -2.01. The molecule has 1 aromatic heterocycles. The summed E-state index contributed by atoms with van der Waals surface area (Å²) in [5.74, 6) is 0. The van der Waals surface area contributed by atoms with Crippen molar-refractivity contribution in [2.45, 2.75) is 6.54 Å². The van der Waals surface area contributed by atoms with Gasteiger partial charge in [-0.3, -0.25) is 0 Å². The zero-order valence-electron chi connectivity index (χ0n) is 7.42. The van der Waals surface area contributed by atoms with E-state index in [-0.39, 0.29) is 0 Å². The van der Waals surface area contributed by atoms with Gasteiger partial charge in [0.1, 0.15) is 0 Å². The average Bonchev–Trinajstić information content (AvgIpc) is 2.44. The maximum Gasteiger partial charge on any atom is 0.0669 e. The molecule has 0 saturated heterocycles. The Balaban J connectivity index is 2.85. The van der Waals surface area contributed by atoms with Crippen molar-refractivity contribution in [1.29, 1.82) is 0 Å². The molecule has 2 rings (SSSR count). The van der Waals surface area contributed by atoms with Crippen molar-refractivity contribution >= 4 is 22.5 Å². The summed E-state index contributed by atoms with van der Waals surface area (Å²) < 4.78 is 2.04. The van der Waals surface area contributed by atoms with E-state index in [4.69, 9.17) is 17.3 Å². The van der Waals surface area contributed by atoms with Gasteiger partial charge in [-0.05, 0) is 12.1 Å². The normalized spacial score (nSPS) is 11.0. The fourth-order valence-electron chi connectivity index (χ4n) is 1.62. The van der Waals surface area contributed by atoms with Gasteiger partial charge in [0.15, 0.2) is 0 Å². The predicted molar refractivity (Wildman–Crippen MR) is 55.8 cm³/mol. The molecule has 1 heterocycles. The minimum atomic E-state index is 0.543. The molecule has 0 aliphatic rings. The van der Waals surface area contributed by atoms with Crippen LogP contribution in [0.25, 0.3) is 10.9 Å². The van der Waals surface area contributed by atoms with E-state index in [2.05, 4.69) is 6.07 Å². The molecular weight excluding hydrogens is 184 g/mol. The molecule has 0 bridgehead atoms. The lowest BCUT2D eigenvalue weighted by atomic mass is 10.2. The number of hydrogen-bond acceptors (Lipinski definition) is 1. The van der Waals surface area contributed by atoms with Gasteiger partial charge in [-0.1, -0.05) is 23.7 Å². The van der Waals surface area contributed by atoms with Gasteiger partial charge in [0.05, 0.1) is 10.5 Å². The Morgan fingerprint density at radius 2 is 2.23 bits per heavy atom. The highest BCUT2D eigenvalue weighted by Crippen LogP contribution is 2.25. The van der Waals surface area contributed by atoms with E-state index < -0.39 is 0 Å². The van der Waals surface area contributed by atoms with Crippen molar-refractivity contribution in [2.75, 3.05) is 0 Å². The van der Waals surface area contributed by atoms with E-state index in [1.54, 1.807) is 0 Å². The number of halogens is 1. The molecule has 0 amide bonds. The van der Waals surface area contributed by atoms with Crippen LogP contribution in [0.15, 0.2) is 24.3 Å². The molecular formula is C10H11ClN2. The summed E-state index contributed by atoms with van der Waals surface area (Å²) in [6.45, 7) is 0.543. The Morgan fingerprint density at radius 1 is 1.46 bits per heavy atom. The first-order chi connectivity index (χ1) is 6.24. The van der Waals surface area contributed by atoms with Crippen LogP contribution in [0.5, 0.6) is 0 Å². The van der Waals surface area contributed by atoms with Crippen LogP contribution in [-0.4, -0.2) is 4.57 Å². The number of fused-ring (bicyclic) bond motifs is 1. The number of aryl methyl sites for hydroxylation is 1. The van der Waals surface area contributed by atoms with Crippen LogP contribution >= 0.6 is 11.6 Å². The average molecular weight is 195 g/mol. The van der Waals surface area contributed by atoms with Crippen molar-refractivity contribution in [3.8, 4) is 0 Å². The van der Waals surface area contributed by atoms with Crippen LogP contribution in [0.3, 0.4) is 0 Å². The van der Waals surface area contributed by atoms with E-state index in [1.807, 2.05) is 29.8 Å². The maximum atomic E-state index is 6.07. The third-order valence-electron chi connectivity index (χ3n) is 2.32. The molecule has 0 saturated carbocycles. The first-order valence-corrected chi connectivity index (χ1v) is 4.54. The minimum Gasteiger partial charge on any atom is -0.345 e. The van der Waals surface area contributed by atoms with Gasteiger partial charge in [0.25, 0.3) is 0 Å². The van der Waals surface area contributed by atoms with Gasteiger partial charge in [0.2, 0.25) is 0 Å². The van der Waals surface area contributed by atoms with E-state index in [0.29, 0.717) is 6.54 Å². The zero-order chi connectivity index (χ0) is 9.42. The van der Waals surface area contributed by atoms with Crippen LogP contribution < -0.4 is 5.73 Å². The molecule has 0 aliphatic carbocycles. The Bertz CT molecular complexity index is 445. The fraction of sp³-hybridized carbons (Fsp3) is 0.200. The summed E-state index contributed by atoms with van der Waals surface area (Å²) in [6.07, 6.45) is 0. The van der Waals surface area contributed by atoms with Gasteiger partial charge >= 0.3 is 0 Å². The second kappa shape index (κ2) is 3.05. The third-order valence-corrected chi connectivity index (χ3v) is 2.62. The smallest absolute Gasteiger partial charge is 0.0669 e. The van der Waals surface area contributed by atoms with Gasteiger partial charge in [-0.25, -0.2) is 0 Å². The maximum absolute atomic E-state index is 6.07. The number of para-hydroxylation sites is 1. The lowest BCUT2D eigenvalue weighted by molar-refractivity contribution is 0.849. The SMILES string of the molecule is Cn1c(CN)cc2cccc(Cl)c21. The summed E-state index contributed by atoms with van der Waals surface area (Å²) in [4.78, 5) is 0. The van der Waals surface area contributed by atoms with Crippen molar-refractivity contribution in [3.05, 3.63) is 35.0 Å². The summed E-state index contributed by atoms with van der Waals surface area (Å²) in [6, 6.07) is 7.96. The molecule has 3 heteroatoms. The van der Waals surface area contributed by atoms with Crippen LogP contribution in [-0.2, 0) is 13.6 Å². The number of benzene rings is 1. The molecule has 68 valence electrons. The molecule has 0 radical (unpaired) electrons. The Kier molecular flexibility index (Phi) is 2.02. The highest BCUT2D eigenvalue weighted by Gasteiger charge is 2.06. The molecule has 2 N–H and O–H groups in total. The summed E-state index contributed by atoms with van der Waals surface area (Å²) in [7, 11) is 1.98. The highest BCUT2D eigenvalue weighted by molar-refractivity contribution is 6.35. The number of rotatable bonds is 1. The molecule has 0 unspecified atom stereocenters. The van der Waals surface area contributed by atoms with E-state index >= 15 is 0 Å². The van der Waals surface area contributed by atoms with Gasteiger partial charge in [0, 0.05) is 24.7 Å². The van der Waals surface area contributed by atoms with Gasteiger partial charge < -0.3 is 10.3 Å². The van der Waals surface area contributed by atoms with Crippen LogP contribution in [0.1, 0.15) is 5.69 Å². The van der Waals surface area contributed by atoms with E-state index in [9.17, 15) is 0 Å². The largest absolute Gasteiger partial charge is 0.345 e. The van der Waals surface area contributed by atoms with E-state index in [1.165, 1.54) is 0 Å². The van der Waals surface area contributed by atoms with E-state index in [0.717, 1.165) is 21.6 Å². The topological polar surface area (TPSA) is 30.9 Å². The molecule has 2 aromatic rings. The Labute approximate surface area is 81.9 Å². The standard InChI is InChI=1S/C10H11ClN2/c1-13-8(6-12)5-7-3-2-4-9(11)10(7)13/h2-5H,6,12H2,1H3. The zero-order valence-corrected chi connectivity index (χ0v) is 8.17. The molecule has 0 atom stereocenters. The number of nitrogens with zero attached hydrogens (tertiary/aromatic N) is 1. The first-order valence-electron chi connectivity index (χ1n) is 4.17. The predicted octanol–water partition coefficient (Wildman–Crippen LogP) is 2.29. The molecule has 0 fully saturated rings. The number of aromatic nitrogens is 1. The van der Waals surface area contributed by atoms with Crippen molar-refractivity contribution < 1.29 is 0 Å². The summed E-state index contributed by atoms with van der Waals surface area (Å²) in [5, 5.41) is 1.93. The lowest BCUT2D eigenvalue weighted by Crippen LogP contribution is -2.02. The van der Waals surface area contributed by atoms with Gasteiger partial charge in [-0.15, -0.1) is 0 Å². The van der Waals surface area contributed by atoms with Crippen molar-refractivity contribution in [1.82, 2.24) is 4.57 Å². The Morgan fingerprint density at radius 3 is 2.85 bits per heavy atom.